The predicted octanol–water partition coefficient (Wildman–Crippen LogP) is 0.332. The summed E-state index contributed by atoms with van der Waals surface area (Å²) in [5.41, 5.74) is 1.30. The summed E-state index contributed by atoms with van der Waals surface area (Å²) in [6.07, 6.45) is 5.82. The lowest BCUT2D eigenvalue weighted by Crippen LogP contribution is -2.18. The van der Waals surface area contributed by atoms with Gasteiger partial charge in [0.2, 0.25) is 0 Å². The molecule has 4 nitrogen and oxygen atoms in total. The van der Waals surface area contributed by atoms with Gasteiger partial charge in [-0.3, -0.25) is 0 Å². The van der Waals surface area contributed by atoms with Gasteiger partial charge in [-0.2, -0.15) is 0 Å². The quantitative estimate of drug-likeness (QED) is 0.615. The molecule has 0 atom stereocenters. The Morgan fingerprint density at radius 3 is 3.00 bits per heavy atom. The maximum atomic E-state index is 5.03. The zero-order chi connectivity index (χ0) is 7.73. The van der Waals surface area contributed by atoms with Crippen molar-refractivity contribution in [2.75, 3.05) is 6.61 Å². The topological polar surface area (TPSA) is 63.9 Å². The molecule has 1 aliphatic rings. The zero-order valence-electron chi connectivity index (χ0n) is 6.21. The van der Waals surface area contributed by atoms with E-state index in [-0.39, 0.29) is 5.41 Å². The van der Waals surface area contributed by atoms with E-state index in [0.29, 0.717) is 6.61 Å². The van der Waals surface area contributed by atoms with Crippen molar-refractivity contribution in [1.82, 2.24) is 9.97 Å². The van der Waals surface area contributed by atoms with Gasteiger partial charge in [0.15, 0.2) is 0 Å². The summed E-state index contributed by atoms with van der Waals surface area (Å²) in [4.78, 5) is 11.7. The third-order valence-corrected chi connectivity index (χ3v) is 2.28. The molecule has 1 fully saturated rings. The van der Waals surface area contributed by atoms with E-state index >= 15 is 0 Å². The largest absolute Gasteiger partial charge is 0.348 e. The SMILES string of the molecule is NOCC1(c2cnc[nH]2)CC1. The van der Waals surface area contributed by atoms with E-state index < -0.39 is 0 Å². The molecule has 3 N–H and O–H groups in total. The van der Waals surface area contributed by atoms with Crippen LogP contribution in [-0.2, 0) is 10.3 Å². The van der Waals surface area contributed by atoms with Crippen LogP contribution in [0.1, 0.15) is 18.5 Å². The van der Waals surface area contributed by atoms with Crippen LogP contribution in [0.15, 0.2) is 12.5 Å². The maximum absolute atomic E-state index is 5.03. The zero-order valence-corrected chi connectivity index (χ0v) is 6.21. The van der Waals surface area contributed by atoms with Gasteiger partial charge < -0.3 is 9.82 Å². The molecule has 11 heavy (non-hydrogen) atoms. The Bertz CT molecular complexity index is 228. The molecule has 0 radical (unpaired) electrons. The molecule has 0 unspecified atom stereocenters. The molecule has 4 heteroatoms. The number of imidazole rings is 1. The lowest BCUT2D eigenvalue weighted by Gasteiger charge is -2.09. The van der Waals surface area contributed by atoms with Crippen LogP contribution in [-0.4, -0.2) is 16.6 Å². The Balaban J connectivity index is 2.15. The van der Waals surface area contributed by atoms with Crippen molar-refractivity contribution >= 4 is 0 Å². The number of hydrogen-bond acceptors (Lipinski definition) is 3. The molecule has 1 aromatic heterocycles. The smallest absolute Gasteiger partial charge is 0.0921 e. The van der Waals surface area contributed by atoms with Crippen molar-refractivity contribution in [3.63, 3.8) is 0 Å². The Kier molecular flexibility index (Phi) is 1.44. The number of nitrogens with zero attached hydrogens (tertiary/aromatic N) is 1. The number of hydrogen-bond donors (Lipinski definition) is 2. The number of nitrogens with two attached hydrogens (primary N) is 1. The second-order valence-electron chi connectivity index (χ2n) is 3.06. The van der Waals surface area contributed by atoms with Gasteiger partial charge in [-0.15, -0.1) is 0 Å². The number of aromatic nitrogens is 2. The Hall–Kier alpha value is -0.870. The standard InChI is InChI=1S/C7H11N3O/c8-11-4-7(1-2-7)6-3-9-5-10-6/h3,5H,1-2,4,8H2,(H,9,10). The fourth-order valence-electron chi connectivity index (χ4n) is 1.35. The van der Waals surface area contributed by atoms with Crippen molar-refractivity contribution in [3.05, 3.63) is 18.2 Å². The summed E-state index contributed by atoms with van der Waals surface area (Å²) in [6, 6.07) is 0. The molecule has 1 heterocycles. The van der Waals surface area contributed by atoms with E-state index in [1.165, 1.54) is 0 Å². The molecule has 0 bridgehead atoms. The molecule has 60 valence electrons. The maximum Gasteiger partial charge on any atom is 0.0921 e. The number of rotatable bonds is 3. The van der Waals surface area contributed by atoms with Gasteiger partial charge in [-0.05, 0) is 12.8 Å². The summed E-state index contributed by atoms with van der Waals surface area (Å²) < 4.78 is 0. The summed E-state index contributed by atoms with van der Waals surface area (Å²) in [5, 5.41) is 0. The third-order valence-electron chi connectivity index (χ3n) is 2.28. The second-order valence-corrected chi connectivity index (χ2v) is 3.06. The first-order valence-electron chi connectivity index (χ1n) is 3.68. The highest BCUT2D eigenvalue weighted by atomic mass is 16.6. The van der Waals surface area contributed by atoms with Crippen molar-refractivity contribution in [3.8, 4) is 0 Å². The number of aromatic amines is 1. The number of H-pyrrole nitrogens is 1. The van der Waals surface area contributed by atoms with Crippen LogP contribution in [0.3, 0.4) is 0 Å². The van der Waals surface area contributed by atoms with E-state index in [2.05, 4.69) is 14.8 Å². The lowest BCUT2D eigenvalue weighted by atomic mass is 10.1. The van der Waals surface area contributed by atoms with Crippen molar-refractivity contribution in [2.24, 2.45) is 5.90 Å². The highest BCUT2D eigenvalue weighted by Crippen LogP contribution is 2.46. The first-order valence-corrected chi connectivity index (χ1v) is 3.68. The monoisotopic (exact) mass is 153 g/mol. The van der Waals surface area contributed by atoms with Crippen LogP contribution >= 0.6 is 0 Å². The minimum absolute atomic E-state index is 0.158. The van der Waals surface area contributed by atoms with Crippen LogP contribution in [0.4, 0.5) is 0 Å². The third kappa shape index (κ3) is 1.04. The van der Waals surface area contributed by atoms with Gasteiger partial charge in [-0.25, -0.2) is 10.9 Å². The molecular weight excluding hydrogens is 142 g/mol. The second kappa shape index (κ2) is 2.32. The Morgan fingerprint density at radius 2 is 2.55 bits per heavy atom. The van der Waals surface area contributed by atoms with Gasteiger partial charge >= 0.3 is 0 Å². The van der Waals surface area contributed by atoms with Crippen molar-refractivity contribution in [1.29, 1.82) is 0 Å². The fraction of sp³-hybridized carbons (Fsp3) is 0.571. The summed E-state index contributed by atoms with van der Waals surface area (Å²) >= 11 is 0. The van der Waals surface area contributed by atoms with E-state index in [4.69, 9.17) is 5.90 Å². The highest BCUT2D eigenvalue weighted by molar-refractivity contribution is 5.21. The van der Waals surface area contributed by atoms with Gasteiger partial charge in [0.05, 0.1) is 12.9 Å². The fourth-order valence-corrected chi connectivity index (χ4v) is 1.35. The van der Waals surface area contributed by atoms with Crippen LogP contribution in [0, 0.1) is 0 Å². The van der Waals surface area contributed by atoms with E-state index in [1.807, 2.05) is 6.20 Å². The number of nitrogens with one attached hydrogen (secondary N) is 1. The van der Waals surface area contributed by atoms with Gasteiger partial charge in [0.1, 0.15) is 0 Å². The highest BCUT2D eigenvalue weighted by Gasteiger charge is 2.45. The Labute approximate surface area is 64.7 Å². The van der Waals surface area contributed by atoms with Crippen LogP contribution < -0.4 is 5.90 Å². The minimum atomic E-state index is 0.158. The molecule has 0 aliphatic heterocycles. The predicted molar refractivity (Wildman–Crippen MR) is 39.6 cm³/mol. The summed E-state index contributed by atoms with van der Waals surface area (Å²) in [7, 11) is 0. The molecular formula is C7H11N3O. The van der Waals surface area contributed by atoms with Gasteiger partial charge in [-0.1, -0.05) is 0 Å². The molecule has 0 amide bonds. The normalized spacial score (nSPS) is 20.1. The molecule has 1 aliphatic carbocycles. The Morgan fingerprint density at radius 1 is 1.73 bits per heavy atom. The van der Waals surface area contributed by atoms with Crippen LogP contribution in [0.2, 0.25) is 0 Å². The minimum Gasteiger partial charge on any atom is -0.348 e. The van der Waals surface area contributed by atoms with E-state index in [9.17, 15) is 0 Å². The molecule has 0 aromatic carbocycles. The summed E-state index contributed by atoms with van der Waals surface area (Å²) in [6.45, 7) is 0.592. The first kappa shape index (κ1) is 6.82. The van der Waals surface area contributed by atoms with E-state index in [1.54, 1.807) is 6.33 Å². The van der Waals surface area contributed by atoms with Gasteiger partial charge in [0, 0.05) is 17.3 Å². The molecule has 0 spiro atoms. The average Bonchev–Trinajstić information content (AvgIpc) is 2.63. The lowest BCUT2D eigenvalue weighted by molar-refractivity contribution is 0.115. The summed E-state index contributed by atoms with van der Waals surface area (Å²) in [5.74, 6) is 5.03. The van der Waals surface area contributed by atoms with Crippen molar-refractivity contribution in [2.45, 2.75) is 18.3 Å². The average molecular weight is 153 g/mol. The molecule has 1 saturated carbocycles. The molecule has 1 aromatic rings. The van der Waals surface area contributed by atoms with E-state index in [0.717, 1.165) is 18.5 Å². The molecule has 2 rings (SSSR count). The van der Waals surface area contributed by atoms with Crippen molar-refractivity contribution < 1.29 is 4.84 Å². The first-order chi connectivity index (χ1) is 5.37. The van der Waals surface area contributed by atoms with Crippen LogP contribution in [0.5, 0.6) is 0 Å². The van der Waals surface area contributed by atoms with Crippen LogP contribution in [0.25, 0.3) is 0 Å². The van der Waals surface area contributed by atoms with Gasteiger partial charge in [0.25, 0.3) is 0 Å². The molecule has 0 saturated heterocycles.